The largest absolute Gasteiger partial charge is 0.509 e. The maximum atomic E-state index is 10.9. The fourth-order valence-electron chi connectivity index (χ4n) is 0.693. The summed E-state index contributed by atoms with van der Waals surface area (Å²) < 4.78 is 9.21. The smallest absolute Gasteiger partial charge is 0.479 e. The molecule has 0 aromatic rings. The van der Waals surface area contributed by atoms with Crippen molar-refractivity contribution in [3.63, 3.8) is 0 Å². The van der Waals surface area contributed by atoms with E-state index in [0.29, 0.717) is 0 Å². The van der Waals surface area contributed by atoms with Crippen molar-refractivity contribution in [2.24, 2.45) is 5.92 Å². The topological polar surface area (TPSA) is 72.8 Å². The van der Waals surface area contributed by atoms with E-state index in [4.69, 9.17) is 5.11 Å². The van der Waals surface area contributed by atoms with E-state index >= 15 is 0 Å². The third-order valence-electron chi connectivity index (χ3n) is 1.42. The van der Waals surface area contributed by atoms with Gasteiger partial charge in [-0.05, 0) is 12.3 Å². The van der Waals surface area contributed by atoms with Gasteiger partial charge in [0, 0.05) is 0 Å². The predicted molar refractivity (Wildman–Crippen MR) is 49.0 cm³/mol. The molecular weight excluding hydrogens is 188 g/mol. The minimum Gasteiger partial charge on any atom is -0.479 e. The summed E-state index contributed by atoms with van der Waals surface area (Å²) in [6, 6.07) is 0. The molecule has 1 unspecified atom stereocenters. The van der Waals surface area contributed by atoms with Crippen LogP contribution in [0.4, 0.5) is 4.79 Å². The quantitative estimate of drug-likeness (QED) is 0.689. The first-order valence-electron chi connectivity index (χ1n) is 4.53. The van der Waals surface area contributed by atoms with Gasteiger partial charge in [0.25, 0.3) is 0 Å². The molecule has 0 aliphatic carbocycles. The minimum absolute atomic E-state index is 0.201. The average molecular weight is 204 g/mol. The van der Waals surface area contributed by atoms with Crippen molar-refractivity contribution in [1.82, 2.24) is 0 Å². The molecule has 0 rings (SSSR count). The van der Waals surface area contributed by atoms with Crippen molar-refractivity contribution in [2.75, 3.05) is 6.61 Å². The molecule has 0 radical (unpaired) electrons. The highest BCUT2D eigenvalue weighted by Crippen LogP contribution is 2.02. The zero-order valence-corrected chi connectivity index (χ0v) is 8.65. The van der Waals surface area contributed by atoms with E-state index in [-0.39, 0.29) is 18.9 Å². The van der Waals surface area contributed by atoms with E-state index in [2.05, 4.69) is 9.47 Å². The van der Waals surface area contributed by atoms with Crippen molar-refractivity contribution >= 4 is 12.1 Å². The fraction of sp³-hybridized carbons (Fsp3) is 0.778. The maximum absolute atomic E-state index is 10.9. The molecule has 0 aliphatic rings. The van der Waals surface area contributed by atoms with Gasteiger partial charge in [0.05, 0.1) is 6.61 Å². The van der Waals surface area contributed by atoms with E-state index in [1.54, 1.807) is 6.92 Å². The van der Waals surface area contributed by atoms with Crippen molar-refractivity contribution < 1.29 is 24.2 Å². The molecule has 0 aromatic carbocycles. The molecule has 1 N–H and O–H groups in total. The van der Waals surface area contributed by atoms with E-state index in [1.807, 2.05) is 13.8 Å². The summed E-state index contributed by atoms with van der Waals surface area (Å²) in [5.41, 5.74) is 0. The van der Waals surface area contributed by atoms with Crippen LogP contribution in [0.2, 0.25) is 0 Å². The van der Waals surface area contributed by atoms with Crippen LogP contribution in [0.5, 0.6) is 0 Å². The van der Waals surface area contributed by atoms with Crippen LogP contribution in [-0.4, -0.2) is 29.9 Å². The number of carbonyl (C=O) groups excluding carboxylic acids is 1. The zero-order chi connectivity index (χ0) is 11.1. The molecule has 0 aromatic heterocycles. The molecular formula is C9H16O5. The molecule has 0 spiro atoms. The Kier molecular flexibility index (Phi) is 5.67. The summed E-state index contributed by atoms with van der Waals surface area (Å²) in [4.78, 5) is 21.4. The summed E-state index contributed by atoms with van der Waals surface area (Å²) in [6.45, 7) is 5.60. The molecule has 82 valence electrons. The van der Waals surface area contributed by atoms with Gasteiger partial charge in [0.15, 0.2) is 0 Å². The van der Waals surface area contributed by atoms with E-state index in [1.165, 1.54) is 0 Å². The van der Waals surface area contributed by atoms with E-state index < -0.39 is 18.2 Å². The number of carboxylic acid groups (broad SMARTS) is 1. The Bertz CT molecular complexity index is 199. The van der Waals surface area contributed by atoms with Gasteiger partial charge >= 0.3 is 12.1 Å². The van der Waals surface area contributed by atoms with Crippen LogP contribution < -0.4 is 0 Å². The second-order valence-corrected chi connectivity index (χ2v) is 3.31. The lowest BCUT2D eigenvalue weighted by Gasteiger charge is -2.12. The molecule has 1 atom stereocenters. The Morgan fingerprint density at radius 3 is 2.29 bits per heavy atom. The number of carbonyl (C=O) groups is 2. The molecule has 0 fully saturated rings. The van der Waals surface area contributed by atoms with Crippen molar-refractivity contribution in [2.45, 2.75) is 33.3 Å². The van der Waals surface area contributed by atoms with E-state index in [9.17, 15) is 9.59 Å². The summed E-state index contributed by atoms with van der Waals surface area (Å²) >= 11 is 0. The molecule has 0 amide bonds. The Morgan fingerprint density at radius 1 is 1.36 bits per heavy atom. The van der Waals surface area contributed by atoms with Gasteiger partial charge < -0.3 is 14.6 Å². The van der Waals surface area contributed by atoms with Crippen LogP contribution in [0.15, 0.2) is 0 Å². The summed E-state index contributed by atoms with van der Waals surface area (Å²) in [7, 11) is 0. The standard InChI is InChI=1S/C9H16O5/c1-4-7(8(10)11)14-9(12)13-5-6(2)3/h6-7H,4-5H2,1-3H3,(H,10,11). The highest BCUT2D eigenvalue weighted by Gasteiger charge is 2.20. The number of carboxylic acids is 1. The molecule has 0 aliphatic heterocycles. The Morgan fingerprint density at radius 2 is 1.93 bits per heavy atom. The molecule has 0 heterocycles. The van der Waals surface area contributed by atoms with Gasteiger partial charge in [0.1, 0.15) is 0 Å². The van der Waals surface area contributed by atoms with Gasteiger partial charge in [-0.3, -0.25) is 0 Å². The highest BCUT2D eigenvalue weighted by atomic mass is 16.7. The molecule has 5 nitrogen and oxygen atoms in total. The Hall–Kier alpha value is -1.26. The molecule has 14 heavy (non-hydrogen) atoms. The normalized spacial score (nSPS) is 12.3. The van der Waals surface area contributed by atoms with Gasteiger partial charge in [-0.1, -0.05) is 20.8 Å². The number of rotatable bonds is 5. The Labute approximate surface area is 83.0 Å². The van der Waals surface area contributed by atoms with E-state index in [0.717, 1.165) is 0 Å². The third kappa shape index (κ3) is 5.40. The van der Waals surface area contributed by atoms with Crippen molar-refractivity contribution in [3.8, 4) is 0 Å². The van der Waals surface area contributed by atoms with Gasteiger partial charge in [-0.15, -0.1) is 0 Å². The number of ether oxygens (including phenoxy) is 2. The molecule has 0 saturated carbocycles. The number of hydrogen-bond donors (Lipinski definition) is 1. The lowest BCUT2D eigenvalue weighted by atomic mass is 10.2. The van der Waals surface area contributed by atoms with Crippen LogP contribution in [0.1, 0.15) is 27.2 Å². The maximum Gasteiger partial charge on any atom is 0.509 e. The second-order valence-electron chi connectivity index (χ2n) is 3.31. The van der Waals surface area contributed by atoms with Crippen molar-refractivity contribution in [1.29, 1.82) is 0 Å². The Balaban J connectivity index is 3.85. The summed E-state index contributed by atoms with van der Waals surface area (Å²) in [5, 5.41) is 8.57. The minimum atomic E-state index is -1.16. The zero-order valence-electron chi connectivity index (χ0n) is 8.65. The SMILES string of the molecule is CCC(OC(=O)OCC(C)C)C(=O)O. The molecule has 0 bridgehead atoms. The molecule has 0 saturated heterocycles. The number of hydrogen-bond acceptors (Lipinski definition) is 4. The monoisotopic (exact) mass is 204 g/mol. The van der Waals surface area contributed by atoms with Crippen LogP contribution in [0, 0.1) is 5.92 Å². The first kappa shape index (κ1) is 12.7. The first-order chi connectivity index (χ1) is 6.47. The second kappa shape index (κ2) is 6.23. The van der Waals surface area contributed by atoms with Crippen LogP contribution in [-0.2, 0) is 14.3 Å². The number of aliphatic carboxylic acids is 1. The summed E-state index contributed by atoms with van der Waals surface area (Å²) in [6.07, 6.45) is -1.81. The molecule has 5 heteroatoms. The van der Waals surface area contributed by atoms with Crippen molar-refractivity contribution in [3.05, 3.63) is 0 Å². The van der Waals surface area contributed by atoms with Crippen LogP contribution >= 0.6 is 0 Å². The van der Waals surface area contributed by atoms with Gasteiger partial charge in [-0.25, -0.2) is 9.59 Å². The lowest BCUT2D eigenvalue weighted by Crippen LogP contribution is -2.27. The predicted octanol–water partition coefficient (Wildman–Crippen LogP) is 1.66. The highest BCUT2D eigenvalue weighted by molar-refractivity contribution is 5.75. The summed E-state index contributed by atoms with van der Waals surface area (Å²) in [5.74, 6) is -0.957. The van der Waals surface area contributed by atoms with Crippen LogP contribution in [0.25, 0.3) is 0 Å². The fourth-order valence-corrected chi connectivity index (χ4v) is 0.693. The van der Waals surface area contributed by atoms with Gasteiger partial charge in [0.2, 0.25) is 6.10 Å². The average Bonchev–Trinajstić information content (AvgIpc) is 2.10. The van der Waals surface area contributed by atoms with Crippen LogP contribution in [0.3, 0.4) is 0 Å². The van der Waals surface area contributed by atoms with Gasteiger partial charge in [-0.2, -0.15) is 0 Å². The lowest BCUT2D eigenvalue weighted by molar-refractivity contribution is -0.148. The third-order valence-corrected chi connectivity index (χ3v) is 1.42. The first-order valence-corrected chi connectivity index (χ1v) is 4.53.